The van der Waals surface area contributed by atoms with E-state index in [1.165, 1.54) is 4.90 Å². The number of hydrogen-bond donors (Lipinski definition) is 2. The third-order valence-corrected chi connectivity index (χ3v) is 2.45. The average molecular weight is 230 g/mol. The van der Waals surface area contributed by atoms with Gasteiger partial charge in [-0.3, -0.25) is 9.69 Å². The molecule has 2 N–H and O–H groups in total. The summed E-state index contributed by atoms with van der Waals surface area (Å²) in [7, 11) is 0. The summed E-state index contributed by atoms with van der Waals surface area (Å²) in [6, 6.07) is 0. The zero-order valence-corrected chi connectivity index (χ0v) is 9.64. The van der Waals surface area contributed by atoms with E-state index in [-0.39, 0.29) is 0 Å². The van der Waals surface area contributed by atoms with Crippen LogP contribution in [0.2, 0.25) is 0 Å². The van der Waals surface area contributed by atoms with Gasteiger partial charge in [-0.05, 0) is 13.8 Å². The van der Waals surface area contributed by atoms with Crippen LogP contribution < -0.4 is 0 Å². The van der Waals surface area contributed by atoms with Crippen molar-refractivity contribution in [2.45, 2.75) is 19.4 Å². The normalized spacial score (nSPS) is 18.6. The number of rotatable bonds is 2. The van der Waals surface area contributed by atoms with Crippen molar-refractivity contribution in [3.05, 3.63) is 0 Å². The van der Waals surface area contributed by atoms with Crippen LogP contribution in [0, 0.1) is 0 Å². The summed E-state index contributed by atoms with van der Waals surface area (Å²) < 4.78 is 0. The summed E-state index contributed by atoms with van der Waals surface area (Å²) in [5.74, 6) is -2.25. The largest absolute Gasteiger partial charge is 0.474 e. The first-order valence-electron chi connectivity index (χ1n) is 5.26. The van der Waals surface area contributed by atoms with Gasteiger partial charge in [-0.1, -0.05) is 0 Å². The molecule has 0 aliphatic carbocycles. The summed E-state index contributed by atoms with van der Waals surface area (Å²) in [5, 5.41) is 18.2. The number of aliphatic carboxylic acids is 1. The first-order chi connectivity index (χ1) is 7.29. The molecule has 0 unspecified atom stereocenters. The number of carboxylic acids is 1. The molecule has 16 heavy (non-hydrogen) atoms. The quantitative estimate of drug-likeness (QED) is 0.594. The van der Waals surface area contributed by atoms with E-state index >= 15 is 0 Å². The van der Waals surface area contributed by atoms with Crippen molar-refractivity contribution in [2.24, 2.45) is 0 Å². The fraction of sp³-hybridized carbons (Fsp3) is 0.800. The van der Waals surface area contributed by atoms with Crippen LogP contribution in [0.25, 0.3) is 0 Å². The molecule has 1 fully saturated rings. The van der Waals surface area contributed by atoms with Gasteiger partial charge in [-0.25, -0.2) is 4.79 Å². The van der Waals surface area contributed by atoms with Crippen molar-refractivity contribution in [2.75, 3.05) is 32.7 Å². The molecule has 92 valence electrons. The van der Waals surface area contributed by atoms with E-state index in [1.807, 2.05) is 4.90 Å². The van der Waals surface area contributed by atoms with Gasteiger partial charge in [-0.2, -0.15) is 0 Å². The van der Waals surface area contributed by atoms with Gasteiger partial charge in [-0.15, -0.1) is 0 Å². The molecule has 0 saturated carbocycles. The minimum absolute atomic E-state index is 0.404. The number of amides is 1. The molecule has 0 aromatic rings. The molecule has 1 heterocycles. The molecule has 1 aliphatic rings. The number of hydrogen-bond acceptors (Lipinski definition) is 4. The van der Waals surface area contributed by atoms with E-state index < -0.39 is 17.5 Å². The van der Waals surface area contributed by atoms with Gasteiger partial charge in [0.05, 0.1) is 5.60 Å². The van der Waals surface area contributed by atoms with Gasteiger partial charge in [0.2, 0.25) is 0 Å². The molecule has 1 rings (SSSR count). The van der Waals surface area contributed by atoms with Crippen LogP contribution in [0.1, 0.15) is 13.8 Å². The van der Waals surface area contributed by atoms with Crippen LogP contribution in [0.4, 0.5) is 0 Å². The van der Waals surface area contributed by atoms with E-state index in [1.54, 1.807) is 13.8 Å². The standard InChI is InChI=1S/C10H18N2O4/c1-10(2,16)7-11-3-5-12(6-4-11)8(13)9(14)15/h16H,3-7H2,1-2H3,(H,14,15). The third kappa shape index (κ3) is 3.79. The van der Waals surface area contributed by atoms with Crippen molar-refractivity contribution >= 4 is 11.9 Å². The van der Waals surface area contributed by atoms with Crippen LogP contribution in [-0.4, -0.2) is 70.2 Å². The molecule has 0 radical (unpaired) electrons. The molecule has 1 amide bonds. The van der Waals surface area contributed by atoms with Crippen LogP contribution in [-0.2, 0) is 9.59 Å². The molecule has 0 spiro atoms. The van der Waals surface area contributed by atoms with Crippen molar-refractivity contribution in [1.82, 2.24) is 9.80 Å². The highest BCUT2D eigenvalue weighted by molar-refractivity contribution is 6.31. The van der Waals surface area contributed by atoms with Crippen molar-refractivity contribution in [3.63, 3.8) is 0 Å². The predicted octanol–water partition coefficient (Wildman–Crippen LogP) is -1.01. The van der Waals surface area contributed by atoms with E-state index in [0.717, 1.165) is 0 Å². The minimum atomic E-state index is -1.41. The Balaban J connectivity index is 2.40. The number of β-amino-alcohol motifs (C(OH)–C–C–N with tert-alkyl or cyclic N) is 1. The van der Waals surface area contributed by atoms with Gasteiger partial charge >= 0.3 is 11.9 Å². The predicted molar refractivity (Wildman–Crippen MR) is 57.0 cm³/mol. The zero-order chi connectivity index (χ0) is 12.3. The first-order valence-corrected chi connectivity index (χ1v) is 5.26. The van der Waals surface area contributed by atoms with E-state index in [2.05, 4.69) is 0 Å². The SMILES string of the molecule is CC(C)(O)CN1CCN(C(=O)C(=O)O)CC1. The summed E-state index contributed by atoms with van der Waals surface area (Å²) in [6.45, 7) is 5.99. The van der Waals surface area contributed by atoms with Crippen LogP contribution >= 0.6 is 0 Å². The topological polar surface area (TPSA) is 81.1 Å². The van der Waals surface area contributed by atoms with Gasteiger partial charge in [0.15, 0.2) is 0 Å². The maximum absolute atomic E-state index is 11.1. The Kier molecular flexibility index (Phi) is 3.88. The molecular weight excluding hydrogens is 212 g/mol. The van der Waals surface area contributed by atoms with E-state index in [0.29, 0.717) is 32.7 Å². The summed E-state index contributed by atoms with van der Waals surface area (Å²) >= 11 is 0. The molecule has 0 bridgehead atoms. The molecule has 0 aromatic heterocycles. The Hall–Kier alpha value is -1.14. The van der Waals surface area contributed by atoms with Crippen LogP contribution in [0.3, 0.4) is 0 Å². The number of piperazine rings is 1. The zero-order valence-electron chi connectivity index (χ0n) is 9.64. The lowest BCUT2D eigenvalue weighted by atomic mass is 10.1. The number of carboxylic acid groups (broad SMARTS) is 1. The smallest absolute Gasteiger partial charge is 0.394 e. The minimum Gasteiger partial charge on any atom is -0.474 e. The number of carbonyl (C=O) groups excluding carboxylic acids is 1. The molecule has 1 aliphatic heterocycles. The van der Waals surface area contributed by atoms with Gasteiger partial charge in [0.25, 0.3) is 0 Å². The van der Waals surface area contributed by atoms with Gasteiger partial charge in [0, 0.05) is 32.7 Å². The highest BCUT2D eigenvalue weighted by Crippen LogP contribution is 2.08. The number of aliphatic hydroxyl groups is 1. The highest BCUT2D eigenvalue weighted by Gasteiger charge is 2.27. The maximum atomic E-state index is 11.1. The second-order valence-electron chi connectivity index (χ2n) is 4.69. The number of nitrogens with zero attached hydrogens (tertiary/aromatic N) is 2. The second-order valence-corrected chi connectivity index (χ2v) is 4.69. The van der Waals surface area contributed by atoms with Crippen LogP contribution in [0.15, 0.2) is 0 Å². The molecule has 0 atom stereocenters. The van der Waals surface area contributed by atoms with Crippen molar-refractivity contribution in [1.29, 1.82) is 0 Å². The summed E-state index contributed by atoms with van der Waals surface area (Å²) in [5.41, 5.74) is -0.765. The molecule has 6 heteroatoms. The lowest BCUT2D eigenvalue weighted by molar-refractivity contribution is -0.157. The van der Waals surface area contributed by atoms with Gasteiger partial charge < -0.3 is 15.1 Å². The summed E-state index contributed by atoms with van der Waals surface area (Å²) in [4.78, 5) is 25.0. The lowest BCUT2D eigenvalue weighted by Gasteiger charge is -2.36. The Morgan fingerprint density at radius 3 is 2.06 bits per heavy atom. The Labute approximate surface area is 94.4 Å². The highest BCUT2D eigenvalue weighted by atomic mass is 16.4. The maximum Gasteiger partial charge on any atom is 0.394 e. The number of carbonyl (C=O) groups is 2. The monoisotopic (exact) mass is 230 g/mol. The Morgan fingerprint density at radius 1 is 1.19 bits per heavy atom. The molecular formula is C10H18N2O4. The lowest BCUT2D eigenvalue weighted by Crippen LogP contribution is -2.53. The van der Waals surface area contributed by atoms with E-state index in [4.69, 9.17) is 5.11 Å². The molecule has 0 aromatic carbocycles. The van der Waals surface area contributed by atoms with Crippen molar-refractivity contribution < 1.29 is 19.8 Å². The van der Waals surface area contributed by atoms with Gasteiger partial charge in [0.1, 0.15) is 0 Å². The Bertz CT molecular complexity index is 277. The molecule has 6 nitrogen and oxygen atoms in total. The average Bonchev–Trinajstić information content (AvgIpc) is 2.15. The first kappa shape index (κ1) is 12.9. The Morgan fingerprint density at radius 2 is 1.69 bits per heavy atom. The third-order valence-electron chi connectivity index (χ3n) is 2.45. The summed E-state index contributed by atoms with van der Waals surface area (Å²) in [6.07, 6.45) is 0. The molecule has 1 saturated heterocycles. The van der Waals surface area contributed by atoms with Crippen molar-refractivity contribution in [3.8, 4) is 0 Å². The fourth-order valence-electron chi connectivity index (χ4n) is 1.79. The van der Waals surface area contributed by atoms with Crippen LogP contribution in [0.5, 0.6) is 0 Å². The second kappa shape index (κ2) is 4.80. The van der Waals surface area contributed by atoms with E-state index in [9.17, 15) is 14.7 Å². The fourth-order valence-corrected chi connectivity index (χ4v) is 1.79.